The Morgan fingerprint density at radius 1 is 1.29 bits per heavy atom. The van der Waals surface area contributed by atoms with Crippen molar-refractivity contribution in [3.05, 3.63) is 70.8 Å². The number of carbonyl (C=O) groups excluding carboxylic acids is 2. The van der Waals surface area contributed by atoms with Gasteiger partial charge in [0.15, 0.2) is 5.69 Å². The Morgan fingerprint density at radius 3 is 2.71 bits per heavy atom. The van der Waals surface area contributed by atoms with Gasteiger partial charge in [-0.25, -0.2) is 4.39 Å². The molecule has 3 aromatic rings. The third kappa shape index (κ3) is 6.94. The molecule has 2 heterocycles. The minimum absolute atomic E-state index is 0.0227. The molecule has 0 spiro atoms. The second kappa shape index (κ2) is 12.9. The Balaban J connectivity index is 1.53. The van der Waals surface area contributed by atoms with Crippen LogP contribution in [0.15, 0.2) is 48.7 Å². The smallest absolute Gasteiger partial charge is 0.310 e. The number of likely N-dealkylation sites (tertiary alicyclic amines) is 1. The lowest BCUT2D eigenvalue weighted by molar-refractivity contribution is -0.150. The Bertz CT molecular complexity index is 1220. The molecule has 202 valence electrons. The first kappa shape index (κ1) is 27.7. The highest BCUT2D eigenvalue weighted by Gasteiger charge is 2.34. The largest absolute Gasteiger partial charge is 0.466 e. The van der Waals surface area contributed by atoms with Gasteiger partial charge in [-0.1, -0.05) is 35.9 Å². The van der Waals surface area contributed by atoms with E-state index in [9.17, 15) is 19.1 Å². The monoisotopic (exact) mass is 543 g/mol. The van der Waals surface area contributed by atoms with Crippen LogP contribution in [0.3, 0.4) is 0 Å². The van der Waals surface area contributed by atoms with E-state index in [2.05, 4.69) is 25.6 Å². The molecule has 0 radical (unpaired) electrons. The number of benzene rings is 2. The van der Waals surface area contributed by atoms with E-state index >= 15 is 0 Å². The first-order chi connectivity index (χ1) is 18.4. The van der Waals surface area contributed by atoms with Crippen LogP contribution in [0, 0.1) is 11.7 Å². The summed E-state index contributed by atoms with van der Waals surface area (Å²) in [5, 5.41) is 23.0. The number of hydrogen-bond acceptors (Lipinski definition) is 7. The molecule has 0 bridgehead atoms. The van der Waals surface area contributed by atoms with Crippen molar-refractivity contribution in [2.75, 3.05) is 26.3 Å². The fraction of sp³-hybridized carbons (Fsp3) is 0.407. The van der Waals surface area contributed by atoms with Crippen LogP contribution in [0.25, 0.3) is 11.1 Å². The van der Waals surface area contributed by atoms with E-state index in [0.29, 0.717) is 35.5 Å². The summed E-state index contributed by atoms with van der Waals surface area (Å²) < 4.78 is 19.7. The van der Waals surface area contributed by atoms with Crippen molar-refractivity contribution in [1.29, 1.82) is 0 Å². The number of aliphatic hydroxyl groups excluding tert-OH is 1. The maximum atomic E-state index is 14.3. The van der Waals surface area contributed by atoms with Gasteiger partial charge in [0.25, 0.3) is 5.91 Å². The molecule has 1 aliphatic heterocycles. The number of hydrogen-bond donors (Lipinski definition) is 3. The number of carbonyl (C=O) groups is 2. The van der Waals surface area contributed by atoms with Crippen molar-refractivity contribution in [2.24, 2.45) is 5.92 Å². The van der Waals surface area contributed by atoms with E-state index in [1.807, 2.05) is 12.1 Å². The molecule has 3 atom stereocenters. The van der Waals surface area contributed by atoms with Crippen LogP contribution in [0.2, 0.25) is 5.02 Å². The number of aliphatic hydroxyl groups is 1. The van der Waals surface area contributed by atoms with E-state index in [1.54, 1.807) is 25.1 Å². The molecule has 0 saturated carbocycles. The Hall–Kier alpha value is -3.34. The highest BCUT2D eigenvalue weighted by Crippen LogP contribution is 2.27. The van der Waals surface area contributed by atoms with Gasteiger partial charge in [0, 0.05) is 35.8 Å². The lowest BCUT2D eigenvalue weighted by Crippen LogP contribution is -2.53. The second-order valence-electron chi connectivity index (χ2n) is 9.36. The molecular formula is C27H31ClFN5O4. The zero-order valence-electron chi connectivity index (χ0n) is 21.1. The van der Waals surface area contributed by atoms with Gasteiger partial charge in [0.2, 0.25) is 0 Å². The average Bonchev–Trinajstić information content (AvgIpc) is 3.43. The number of nitrogens with zero attached hydrogens (tertiary/aromatic N) is 3. The first-order valence-corrected chi connectivity index (χ1v) is 13.0. The van der Waals surface area contributed by atoms with Crippen LogP contribution in [0.1, 0.15) is 35.8 Å². The molecule has 1 amide bonds. The van der Waals surface area contributed by atoms with E-state index in [1.165, 1.54) is 18.3 Å². The van der Waals surface area contributed by atoms with Crippen LogP contribution in [0.4, 0.5) is 4.39 Å². The molecule has 3 N–H and O–H groups in total. The van der Waals surface area contributed by atoms with Crippen LogP contribution < -0.4 is 5.32 Å². The van der Waals surface area contributed by atoms with Gasteiger partial charge in [0.1, 0.15) is 5.82 Å². The van der Waals surface area contributed by atoms with Crippen LogP contribution >= 0.6 is 11.6 Å². The molecule has 1 aliphatic rings. The topological polar surface area (TPSA) is 120 Å². The normalized spacial score (nSPS) is 16.9. The fourth-order valence-corrected chi connectivity index (χ4v) is 4.83. The quantitative estimate of drug-likeness (QED) is 0.300. The van der Waals surface area contributed by atoms with Gasteiger partial charge < -0.3 is 15.2 Å². The molecular weight excluding hydrogens is 513 g/mol. The first-order valence-electron chi connectivity index (χ1n) is 12.6. The highest BCUT2D eigenvalue weighted by molar-refractivity contribution is 6.30. The highest BCUT2D eigenvalue weighted by atomic mass is 35.5. The third-order valence-electron chi connectivity index (χ3n) is 6.78. The average molecular weight is 544 g/mol. The Morgan fingerprint density at radius 2 is 2.08 bits per heavy atom. The van der Waals surface area contributed by atoms with E-state index in [4.69, 9.17) is 16.3 Å². The summed E-state index contributed by atoms with van der Waals surface area (Å²) >= 11 is 6.05. The summed E-state index contributed by atoms with van der Waals surface area (Å²) in [6.45, 7) is 3.24. The number of esters is 1. The van der Waals surface area contributed by atoms with Crippen LogP contribution in [-0.4, -0.2) is 75.7 Å². The molecule has 38 heavy (non-hydrogen) atoms. The zero-order valence-corrected chi connectivity index (χ0v) is 21.8. The Labute approximate surface area is 225 Å². The molecule has 1 saturated heterocycles. The van der Waals surface area contributed by atoms with Gasteiger partial charge >= 0.3 is 5.97 Å². The Kier molecular flexibility index (Phi) is 9.43. The number of ether oxygens (including phenoxy) is 1. The van der Waals surface area contributed by atoms with Gasteiger partial charge in [-0.3, -0.25) is 14.5 Å². The van der Waals surface area contributed by atoms with Gasteiger partial charge in [-0.2, -0.15) is 15.4 Å². The summed E-state index contributed by atoms with van der Waals surface area (Å²) in [4.78, 5) is 27.8. The van der Waals surface area contributed by atoms with Crippen molar-refractivity contribution in [2.45, 2.75) is 38.3 Å². The predicted molar refractivity (Wildman–Crippen MR) is 140 cm³/mol. The van der Waals surface area contributed by atoms with Crippen molar-refractivity contribution >= 4 is 23.5 Å². The minimum Gasteiger partial charge on any atom is -0.466 e. The molecule has 4 rings (SSSR count). The number of aromatic amines is 1. The molecule has 9 nitrogen and oxygen atoms in total. The number of halogens is 2. The van der Waals surface area contributed by atoms with Crippen molar-refractivity contribution in [3.8, 4) is 11.1 Å². The molecule has 1 unspecified atom stereocenters. The fourth-order valence-electron chi connectivity index (χ4n) is 4.66. The second-order valence-corrected chi connectivity index (χ2v) is 9.79. The van der Waals surface area contributed by atoms with Crippen LogP contribution in [0.5, 0.6) is 0 Å². The van der Waals surface area contributed by atoms with E-state index in [0.717, 1.165) is 18.5 Å². The van der Waals surface area contributed by atoms with Gasteiger partial charge in [-0.05, 0) is 55.5 Å². The van der Waals surface area contributed by atoms with E-state index in [-0.39, 0.29) is 36.7 Å². The SMILES string of the molecule is CCOC(=O)C(C[C@@H](Cc1ccc(-c2cc(Cl)ccc2F)cc1)NC(=O)c1cn[nH]n1)CN1CC[C@H]1CO. The lowest BCUT2D eigenvalue weighted by atomic mass is 9.91. The van der Waals surface area contributed by atoms with E-state index < -0.39 is 17.9 Å². The number of amides is 1. The third-order valence-corrected chi connectivity index (χ3v) is 7.01. The summed E-state index contributed by atoms with van der Waals surface area (Å²) in [6.07, 6.45) is 2.94. The summed E-state index contributed by atoms with van der Waals surface area (Å²) in [7, 11) is 0. The predicted octanol–water partition coefficient (Wildman–Crippen LogP) is 3.24. The molecule has 2 aromatic carbocycles. The molecule has 11 heteroatoms. The molecule has 1 fully saturated rings. The van der Waals surface area contributed by atoms with Crippen molar-refractivity contribution in [3.63, 3.8) is 0 Å². The molecule has 0 aliphatic carbocycles. The number of aromatic nitrogens is 3. The lowest BCUT2D eigenvalue weighted by Gasteiger charge is -2.41. The molecule has 1 aromatic heterocycles. The van der Waals surface area contributed by atoms with Crippen molar-refractivity contribution < 1.29 is 23.8 Å². The maximum Gasteiger partial charge on any atom is 0.310 e. The summed E-state index contributed by atoms with van der Waals surface area (Å²) in [5.41, 5.74) is 2.10. The summed E-state index contributed by atoms with van der Waals surface area (Å²) in [6, 6.07) is 11.3. The van der Waals surface area contributed by atoms with Gasteiger partial charge in [-0.15, -0.1) is 0 Å². The number of H-pyrrole nitrogens is 1. The summed E-state index contributed by atoms with van der Waals surface area (Å²) in [5.74, 6) is -1.64. The van der Waals surface area contributed by atoms with Gasteiger partial charge in [0.05, 0.1) is 25.3 Å². The standard InChI is InChI=1S/C27H31ClFN5O4/c1-2-38-27(37)19(15-34-10-9-22(34)16-35)12-21(31-26(36)25-14-30-33-32-25)11-17-3-5-18(6-4-17)23-13-20(28)7-8-24(23)29/h3-8,13-14,19,21-22,35H,2,9-12,15-16H2,1H3,(H,31,36)(H,30,32,33)/t19?,21-,22+/m1/s1. The van der Waals surface area contributed by atoms with Crippen LogP contribution in [-0.2, 0) is 16.0 Å². The minimum atomic E-state index is -0.508. The number of nitrogens with one attached hydrogen (secondary N) is 2. The zero-order chi connectivity index (χ0) is 27.1. The maximum absolute atomic E-state index is 14.3. The van der Waals surface area contributed by atoms with Crippen molar-refractivity contribution in [1.82, 2.24) is 25.6 Å². The number of rotatable bonds is 12.